The van der Waals surface area contributed by atoms with E-state index in [9.17, 15) is 4.79 Å². The van der Waals surface area contributed by atoms with E-state index >= 15 is 0 Å². The number of hydrogen-bond acceptors (Lipinski definition) is 2. The van der Waals surface area contributed by atoms with Crippen molar-refractivity contribution in [2.45, 2.75) is 52.5 Å². The molecule has 1 rings (SSSR count). The summed E-state index contributed by atoms with van der Waals surface area (Å²) in [5, 5.41) is 8.98. The van der Waals surface area contributed by atoms with Crippen LogP contribution >= 0.6 is 0 Å². The molecular weight excluding hydrogens is 202 g/mol. The highest BCUT2D eigenvalue weighted by Gasteiger charge is 2.26. The van der Waals surface area contributed by atoms with Crippen LogP contribution in [-0.4, -0.2) is 35.1 Å². The molecule has 1 saturated carbocycles. The molecule has 3 heteroatoms. The maximum Gasteiger partial charge on any atom is 0.307 e. The van der Waals surface area contributed by atoms with Gasteiger partial charge in [-0.2, -0.15) is 0 Å². The van der Waals surface area contributed by atoms with E-state index in [0.29, 0.717) is 18.5 Å². The Kier molecular flexibility index (Phi) is 5.26. The van der Waals surface area contributed by atoms with E-state index in [0.717, 1.165) is 6.54 Å². The van der Waals surface area contributed by atoms with Crippen LogP contribution in [0.4, 0.5) is 0 Å². The van der Waals surface area contributed by atoms with Crippen molar-refractivity contribution < 1.29 is 9.90 Å². The van der Waals surface area contributed by atoms with Gasteiger partial charge in [0.1, 0.15) is 0 Å². The molecule has 0 spiro atoms. The van der Waals surface area contributed by atoms with Crippen molar-refractivity contribution in [3.8, 4) is 0 Å². The van der Waals surface area contributed by atoms with Gasteiger partial charge in [0.25, 0.3) is 0 Å². The lowest BCUT2D eigenvalue weighted by Gasteiger charge is -2.31. The van der Waals surface area contributed by atoms with Gasteiger partial charge in [0.05, 0.1) is 5.92 Å². The van der Waals surface area contributed by atoms with Gasteiger partial charge in [-0.1, -0.05) is 33.6 Å². The number of carboxylic acid groups (broad SMARTS) is 1. The number of carbonyl (C=O) groups is 1. The third kappa shape index (κ3) is 4.12. The minimum absolute atomic E-state index is 0.251. The van der Waals surface area contributed by atoms with Gasteiger partial charge in [-0.3, -0.25) is 9.69 Å². The average Bonchev–Trinajstić information content (AvgIpc) is 2.68. The summed E-state index contributed by atoms with van der Waals surface area (Å²) in [6.45, 7) is 7.95. The van der Waals surface area contributed by atoms with E-state index in [-0.39, 0.29) is 5.92 Å². The molecule has 0 heterocycles. The van der Waals surface area contributed by atoms with Crippen molar-refractivity contribution in [2.75, 3.05) is 13.1 Å². The molecule has 1 N–H and O–H groups in total. The molecule has 1 aliphatic carbocycles. The predicted octanol–water partition coefficient (Wildman–Crippen LogP) is 2.61. The maximum absolute atomic E-state index is 10.9. The Morgan fingerprint density at radius 3 is 2.25 bits per heavy atom. The first-order valence-corrected chi connectivity index (χ1v) is 6.47. The van der Waals surface area contributed by atoms with Crippen LogP contribution in [0.5, 0.6) is 0 Å². The van der Waals surface area contributed by atoms with E-state index in [1.54, 1.807) is 0 Å². The van der Waals surface area contributed by atoms with E-state index in [4.69, 9.17) is 5.11 Å². The van der Waals surface area contributed by atoms with Gasteiger partial charge in [0, 0.05) is 19.1 Å². The summed E-state index contributed by atoms with van der Waals surface area (Å²) in [6.07, 6.45) is 5.11. The summed E-state index contributed by atoms with van der Waals surface area (Å²) in [4.78, 5) is 13.3. The zero-order valence-electron chi connectivity index (χ0n) is 10.8. The van der Waals surface area contributed by atoms with Gasteiger partial charge < -0.3 is 5.11 Å². The van der Waals surface area contributed by atoms with Crippen molar-refractivity contribution in [1.82, 2.24) is 4.90 Å². The maximum atomic E-state index is 10.9. The molecule has 16 heavy (non-hydrogen) atoms. The first-order valence-electron chi connectivity index (χ1n) is 6.47. The van der Waals surface area contributed by atoms with E-state index in [1.807, 2.05) is 6.92 Å². The van der Waals surface area contributed by atoms with Crippen molar-refractivity contribution >= 4 is 5.97 Å². The molecule has 0 aromatic carbocycles. The number of aliphatic carboxylic acids is 1. The molecule has 3 nitrogen and oxygen atoms in total. The lowest BCUT2D eigenvalue weighted by Crippen LogP contribution is -2.40. The highest BCUT2D eigenvalue weighted by molar-refractivity contribution is 5.69. The number of carboxylic acids is 1. The summed E-state index contributed by atoms with van der Waals surface area (Å²) >= 11 is 0. The first kappa shape index (κ1) is 13.5. The average molecular weight is 227 g/mol. The van der Waals surface area contributed by atoms with E-state index in [2.05, 4.69) is 18.7 Å². The van der Waals surface area contributed by atoms with Gasteiger partial charge in [-0.15, -0.1) is 0 Å². The smallest absolute Gasteiger partial charge is 0.307 e. The van der Waals surface area contributed by atoms with Crippen molar-refractivity contribution in [1.29, 1.82) is 0 Å². The van der Waals surface area contributed by atoms with E-state index < -0.39 is 5.97 Å². The Morgan fingerprint density at radius 1 is 1.25 bits per heavy atom. The molecule has 1 atom stereocenters. The van der Waals surface area contributed by atoms with Crippen LogP contribution in [0.25, 0.3) is 0 Å². The second-order valence-electron chi connectivity index (χ2n) is 5.53. The van der Waals surface area contributed by atoms with Crippen LogP contribution in [0.1, 0.15) is 46.5 Å². The fourth-order valence-electron chi connectivity index (χ4n) is 2.54. The van der Waals surface area contributed by atoms with Crippen molar-refractivity contribution in [2.24, 2.45) is 11.8 Å². The molecule has 0 aromatic rings. The summed E-state index contributed by atoms with van der Waals surface area (Å²) in [5.74, 6) is -0.312. The third-order valence-electron chi connectivity index (χ3n) is 3.37. The molecule has 0 saturated heterocycles. The lowest BCUT2D eigenvalue weighted by molar-refractivity contribution is -0.142. The molecule has 1 aliphatic rings. The Hall–Kier alpha value is -0.570. The molecular formula is C13H25NO2. The van der Waals surface area contributed by atoms with Crippen LogP contribution < -0.4 is 0 Å². The van der Waals surface area contributed by atoms with Gasteiger partial charge in [0.2, 0.25) is 0 Å². The molecule has 1 fully saturated rings. The lowest BCUT2D eigenvalue weighted by atomic mass is 10.1. The molecule has 0 radical (unpaired) electrons. The topological polar surface area (TPSA) is 40.5 Å². The summed E-state index contributed by atoms with van der Waals surface area (Å²) in [7, 11) is 0. The molecule has 0 amide bonds. The van der Waals surface area contributed by atoms with Crippen LogP contribution in [0.15, 0.2) is 0 Å². The second kappa shape index (κ2) is 6.24. The normalized spacial score (nSPS) is 19.6. The van der Waals surface area contributed by atoms with E-state index in [1.165, 1.54) is 25.7 Å². The van der Waals surface area contributed by atoms with Gasteiger partial charge in [-0.25, -0.2) is 0 Å². The summed E-state index contributed by atoms with van der Waals surface area (Å²) in [6, 6.07) is 0.629. The highest BCUT2D eigenvalue weighted by Crippen LogP contribution is 2.25. The summed E-state index contributed by atoms with van der Waals surface area (Å²) < 4.78 is 0. The zero-order valence-corrected chi connectivity index (χ0v) is 10.8. The molecule has 0 aromatic heterocycles. The van der Waals surface area contributed by atoms with Gasteiger partial charge in [-0.05, 0) is 18.8 Å². The van der Waals surface area contributed by atoms with Crippen molar-refractivity contribution in [3.63, 3.8) is 0 Å². The Bertz CT molecular complexity index is 222. The molecule has 1 unspecified atom stereocenters. The van der Waals surface area contributed by atoms with Crippen LogP contribution in [0, 0.1) is 11.8 Å². The fraction of sp³-hybridized carbons (Fsp3) is 0.923. The number of nitrogens with zero attached hydrogens (tertiary/aromatic N) is 1. The molecule has 0 bridgehead atoms. The van der Waals surface area contributed by atoms with Crippen LogP contribution in [0.3, 0.4) is 0 Å². The minimum Gasteiger partial charge on any atom is -0.481 e. The monoisotopic (exact) mass is 227 g/mol. The standard InChI is InChI=1S/C13H25NO2/c1-10(2)8-14(9-11(3)13(15)16)12-6-4-5-7-12/h10-12H,4-9H2,1-3H3,(H,15,16). The Labute approximate surface area is 98.8 Å². The van der Waals surface area contributed by atoms with Crippen LogP contribution in [0.2, 0.25) is 0 Å². The van der Waals surface area contributed by atoms with Gasteiger partial charge in [0.15, 0.2) is 0 Å². The predicted molar refractivity (Wildman–Crippen MR) is 65.5 cm³/mol. The Balaban J connectivity index is 2.52. The van der Waals surface area contributed by atoms with Gasteiger partial charge >= 0.3 is 5.97 Å². The number of hydrogen-bond donors (Lipinski definition) is 1. The second-order valence-corrected chi connectivity index (χ2v) is 5.53. The summed E-state index contributed by atoms with van der Waals surface area (Å²) in [5.41, 5.74) is 0. The minimum atomic E-state index is -0.674. The van der Waals surface area contributed by atoms with Crippen molar-refractivity contribution in [3.05, 3.63) is 0 Å². The SMILES string of the molecule is CC(C)CN(CC(C)C(=O)O)C1CCCC1. The molecule has 94 valence electrons. The fourth-order valence-corrected chi connectivity index (χ4v) is 2.54. The zero-order chi connectivity index (χ0) is 12.1. The first-order chi connectivity index (χ1) is 7.50. The number of rotatable bonds is 6. The Morgan fingerprint density at radius 2 is 1.81 bits per heavy atom. The molecule has 0 aliphatic heterocycles. The third-order valence-corrected chi connectivity index (χ3v) is 3.37. The van der Waals surface area contributed by atoms with Crippen LogP contribution in [-0.2, 0) is 4.79 Å². The largest absolute Gasteiger partial charge is 0.481 e. The quantitative estimate of drug-likeness (QED) is 0.758. The highest BCUT2D eigenvalue weighted by atomic mass is 16.4.